The lowest BCUT2D eigenvalue weighted by Crippen LogP contribution is -2.47. The third kappa shape index (κ3) is 3.63. The van der Waals surface area contributed by atoms with Crippen molar-refractivity contribution < 1.29 is 19.1 Å². The van der Waals surface area contributed by atoms with Crippen LogP contribution in [0.3, 0.4) is 0 Å². The highest BCUT2D eigenvalue weighted by molar-refractivity contribution is 6.02. The van der Waals surface area contributed by atoms with Gasteiger partial charge < -0.3 is 20.5 Å². The predicted octanol–water partition coefficient (Wildman–Crippen LogP) is 0.145. The number of carbonyl (C=O) groups is 2. The van der Waals surface area contributed by atoms with Crippen LogP contribution in [0.4, 0.5) is 11.4 Å². The predicted molar refractivity (Wildman–Crippen MR) is 78.2 cm³/mol. The van der Waals surface area contributed by atoms with Crippen molar-refractivity contribution in [1.29, 1.82) is 0 Å². The molecule has 2 rings (SSSR count). The summed E-state index contributed by atoms with van der Waals surface area (Å²) < 4.78 is 10.3. The average Bonchev–Trinajstić information content (AvgIpc) is 2.42. The maximum absolute atomic E-state index is 12.0. The Morgan fingerprint density at radius 1 is 1.57 bits per heavy atom. The van der Waals surface area contributed by atoms with Gasteiger partial charge in [-0.05, 0) is 25.1 Å². The molecule has 2 amide bonds. The van der Waals surface area contributed by atoms with Crippen LogP contribution in [-0.2, 0) is 14.3 Å². The first-order valence-electron chi connectivity index (χ1n) is 6.62. The van der Waals surface area contributed by atoms with Crippen LogP contribution in [0.2, 0.25) is 0 Å². The molecule has 0 radical (unpaired) electrons. The monoisotopic (exact) mass is 293 g/mol. The van der Waals surface area contributed by atoms with Crippen molar-refractivity contribution in [2.75, 3.05) is 37.5 Å². The van der Waals surface area contributed by atoms with E-state index in [0.717, 1.165) is 0 Å². The number of anilines is 2. The highest BCUT2D eigenvalue weighted by Gasteiger charge is 2.27. The fourth-order valence-corrected chi connectivity index (χ4v) is 2.15. The molecule has 1 aliphatic rings. The molecule has 0 spiro atoms. The van der Waals surface area contributed by atoms with Crippen molar-refractivity contribution in [1.82, 2.24) is 5.32 Å². The van der Waals surface area contributed by atoms with Crippen molar-refractivity contribution in [2.24, 2.45) is 0 Å². The van der Waals surface area contributed by atoms with Crippen LogP contribution >= 0.6 is 0 Å². The number of rotatable bonds is 5. The van der Waals surface area contributed by atoms with E-state index < -0.39 is 0 Å². The smallest absolute Gasteiger partial charge is 0.265 e. The third-order valence-electron chi connectivity index (χ3n) is 3.05. The van der Waals surface area contributed by atoms with E-state index in [0.29, 0.717) is 23.7 Å². The summed E-state index contributed by atoms with van der Waals surface area (Å²) in [7, 11) is 1.56. The van der Waals surface area contributed by atoms with E-state index in [4.69, 9.17) is 15.2 Å². The van der Waals surface area contributed by atoms with Crippen molar-refractivity contribution in [3.63, 3.8) is 0 Å². The number of nitrogen functional groups attached to an aromatic ring is 1. The normalized spacial score (nSPS) is 15.1. The number of nitrogens with zero attached hydrogens (tertiary/aromatic N) is 1. The number of nitrogens with one attached hydrogen (secondary N) is 1. The number of nitrogens with two attached hydrogens (primary N) is 1. The van der Waals surface area contributed by atoms with Gasteiger partial charge in [-0.3, -0.25) is 14.5 Å². The zero-order valence-electron chi connectivity index (χ0n) is 12.1. The third-order valence-corrected chi connectivity index (χ3v) is 3.05. The van der Waals surface area contributed by atoms with Gasteiger partial charge in [0.1, 0.15) is 12.3 Å². The van der Waals surface area contributed by atoms with Gasteiger partial charge in [0.05, 0.1) is 12.3 Å². The maximum Gasteiger partial charge on any atom is 0.265 e. The second-order valence-corrected chi connectivity index (χ2v) is 4.92. The standard InChI is InChI=1S/C14H19N3O4/c1-9(7-20-2)16-13(18)6-17-11-5-10(15)3-4-12(11)21-8-14(17)19/h3-5,9H,6-8,15H2,1-2H3,(H,16,18). The Balaban J connectivity index is 2.11. The Kier molecular flexibility index (Phi) is 4.64. The molecule has 1 heterocycles. The number of hydrogen-bond donors (Lipinski definition) is 2. The summed E-state index contributed by atoms with van der Waals surface area (Å²) in [6.07, 6.45) is 0. The second kappa shape index (κ2) is 6.45. The number of fused-ring (bicyclic) bond motifs is 1. The highest BCUT2D eigenvalue weighted by atomic mass is 16.5. The molecular formula is C14H19N3O4. The van der Waals surface area contributed by atoms with Crippen LogP contribution in [-0.4, -0.2) is 44.7 Å². The first-order valence-corrected chi connectivity index (χ1v) is 6.62. The molecule has 1 aromatic carbocycles. The van der Waals surface area contributed by atoms with E-state index in [1.54, 1.807) is 25.3 Å². The number of carbonyl (C=O) groups excluding carboxylic acids is 2. The molecule has 1 unspecified atom stereocenters. The molecule has 0 saturated heterocycles. The van der Waals surface area contributed by atoms with Crippen LogP contribution in [0.1, 0.15) is 6.92 Å². The minimum Gasteiger partial charge on any atom is -0.482 e. The minimum absolute atomic E-state index is 0.0767. The van der Waals surface area contributed by atoms with E-state index in [1.807, 2.05) is 6.92 Å². The second-order valence-electron chi connectivity index (χ2n) is 4.92. The van der Waals surface area contributed by atoms with Crippen LogP contribution in [0, 0.1) is 0 Å². The number of ether oxygens (including phenoxy) is 2. The Bertz CT molecular complexity index is 547. The Hall–Kier alpha value is -2.28. The largest absolute Gasteiger partial charge is 0.482 e. The van der Waals surface area contributed by atoms with Gasteiger partial charge in [0.25, 0.3) is 5.91 Å². The van der Waals surface area contributed by atoms with Gasteiger partial charge in [-0.25, -0.2) is 0 Å². The van der Waals surface area contributed by atoms with Crippen LogP contribution in [0.5, 0.6) is 5.75 Å². The van der Waals surface area contributed by atoms with E-state index in [9.17, 15) is 9.59 Å². The molecule has 1 atom stereocenters. The van der Waals surface area contributed by atoms with Gasteiger partial charge in [0, 0.05) is 18.8 Å². The summed E-state index contributed by atoms with van der Waals surface area (Å²) >= 11 is 0. The topological polar surface area (TPSA) is 93.9 Å². The van der Waals surface area contributed by atoms with Crippen molar-refractivity contribution in [3.8, 4) is 5.75 Å². The minimum atomic E-state index is -0.275. The van der Waals surface area contributed by atoms with Crippen LogP contribution in [0.25, 0.3) is 0 Å². The molecule has 1 aliphatic heterocycles. The zero-order chi connectivity index (χ0) is 15.4. The van der Waals surface area contributed by atoms with E-state index in [1.165, 1.54) is 4.90 Å². The first kappa shape index (κ1) is 15.1. The Morgan fingerprint density at radius 2 is 2.33 bits per heavy atom. The summed E-state index contributed by atoms with van der Waals surface area (Å²) in [5.74, 6) is 0.00681. The molecule has 1 aromatic rings. The van der Waals surface area contributed by atoms with E-state index in [-0.39, 0.29) is 31.0 Å². The number of hydrogen-bond acceptors (Lipinski definition) is 5. The summed E-state index contributed by atoms with van der Waals surface area (Å²) in [5.41, 5.74) is 6.75. The van der Waals surface area contributed by atoms with Gasteiger partial charge in [-0.1, -0.05) is 0 Å². The molecule has 0 aliphatic carbocycles. The van der Waals surface area contributed by atoms with Gasteiger partial charge in [-0.2, -0.15) is 0 Å². The van der Waals surface area contributed by atoms with Crippen molar-refractivity contribution in [2.45, 2.75) is 13.0 Å². The van der Waals surface area contributed by atoms with Gasteiger partial charge in [-0.15, -0.1) is 0 Å². The summed E-state index contributed by atoms with van der Waals surface area (Å²) in [5, 5.41) is 2.76. The lowest BCUT2D eigenvalue weighted by molar-refractivity contribution is -0.125. The van der Waals surface area contributed by atoms with Crippen molar-refractivity contribution >= 4 is 23.2 Å². The number of benzene rings is 1. The van der Waals surface area contributed by atoms with Gasteiger partial charge in [0.15, 0.2) is 6.61 Å². The molecule has 21 heavy (non-hydrogen) atoms. The van der Waals surface area contributed by atoms with Gasteiger partial charge >= 0.3 is 0 Å². The van der Waals surface area contributed by atoms with Crippen LogP contribution < -0.4 is 20.7 Å². The summed E-state index contributed by atoms with van der Waals surface area (Å²) in [6, 6.07) is 4.88. The zero-order valence-corrected chi connectivity index (χ0v) is 12.1. The number of methoxy groups -OCH3 is 1. The summed E-state index contributed by atoms with van der Waals surface area (Å²) in [6.45, 7) is 2.07. The summed E-state index contributed by atoms with van der Waals surface area (Å²) in [4.78, 5) is 25.4. The number of amides is 2. The molecule has 3 N–H and O–H groups in total. The average molecular weight is 293 g/mol. The van der Waals surface area contributed by atoms with Crippen molar-refractivity contribution in [3.05, 3.63) is 18.2 Å². The Morgan fingerprint density at radius 3 is 3.05 bits per heavy atom. The molecule has 0 bridgehead atoms. The molecule has 0 fully saturated rings. The fourth-order valence-electron chi connectivity index (χ4n) is 2.15. The quantitative estimate of drug-likeness (QED) is 0.753. The lowest BCUT2D eigenvalue weighted by atomic mass is 10.2. The maximum atomic E-state index is 12.0. The van der Waals surface area contributed by atoms with E-state index >= 15 is 0 Å². The molecule has 0 aromatic heterocycles. The molecular weight excluding hydrogens is 274 g/mol. The van der Waals surface area contributed by atoms with Crippen LogP contribution in [0.15, 0.2) is 18.2 Å². The SMILES string of the molecule is COCC(C)NC(=O)CN1C(=O)COc2ccc(N)cc21. The molecule has 7 heteroatoms. The highest BCUT2D eigenvalue weighted by Crippen LogP contribution is 2.33. The molecule has 114 valence electrons. The molecule has 0 saturated carbocycles. The first-order chi connectivity index (χ1) is 10.0. The Labute approximate surface area is 123 Å². The molecule has 7 nitrogen and oxygen atoms in total. The van der Waals surface area contributed by atoms with E-state index in [2.05, 4.69) is 5.32 Å². The van der Waals surface area contributed by atoms with Gasteiger partial charge in [0.2, 0.25) is 5.91 Å². The fraction of sp³-hybridized carbons (Fsp3) is 0.429. The lowest BCUT2D eigenvalue weighted by Gasteiger charge is -2.29.